The summed E-state index contributed by atoms with van der Waals surface area (Å²) in [7, 11) is 0. The number of piperazine rings is 1. The van der Waals surface area contributed by atoms with Crippen molar-refractivity contribution in [2.45, 2.75) is 0 Å². The fourth-order valence-electron chi connectivity index (χ4n) is 3.29. The van der Waals surface area contributed by atoms with Gasteiger partial charge in [-0.3, -0.25) is 4.79 Å². The number of halogens is 2. The van der Waals surface area contributed by atoms with Crippen LogP contribution in [0.3, 0.4) is 0 Å². The van der Waals surface area contributed by atoms with Crippen molar-refractivity contribution in [2.24, 2.45) is 0 Å². The molecule has 0 saturated carbocycles. The molecule has 4 rings (SSSR count). The van der Waals surface area contributed by atoms with Crippen LogP contribution in [0.2, 0.25) is 5.02 Å². The van der Waals surface area contributed by atoms with Gasteiger partial charge >= 0.3 is 0 Å². The van der Waals surface area contributed by atoms with Gasteiger partial charge in [0.05, 0.1) is 16.3 Å². The molecule has 142 valence electrons. The summed E-state index contributed by atoms with van der Waals surface area (Å²) in [5, 5.41) is 0.135. The highest BCUT2D eigenvalue weighted by atomic mass is 35.5. The lowest BCUT2D eigenvalue weighted by molar-refractivity contribution is 0.0742. The number of anilines is 1. The molecule has 1 saturated heterocycles. The van der Waals surface area contributed by atoms with Crippen LogP contribution in [0.1, 0.15) is 10.4 Å². The van der Waals surface area contributed by atoms with Crippen molar-refractivity contribution in [2.75, 3.05) is 31.1 Å². The van der Waals surface area contributed by atoms with E-state index in [0.717, 1.165) is 17.1 Å². The Bertz CT molecular complexity index is 970. The zero-order chi connectivity index (χ0) is 19.5. The molecule has 1 aliphatic rings. The van der Waals surface area contributed by atoms with E-state index in [9.17, 15) is 9.18 Å². The lowest BCUT2D eigenvalue weighted by Gasteiger charge is -2.35. The molecule has 1 aliphatic heterocycles. The van der Waals surface area contributed by atoms with Crippen molar-refractivity contribution in [3.8, 4) is 11.3 Å². The van der Waals surface area contributed by atoms with Gasteiger partial charge in [0, 0.05) is 37.8 Å². The van der Waals surface area contributed by atoms with E-state index in [0.29, 0.717) is 26.2 Å². The summed E-state index contributed by atoms with van der Waals surface area (Å²) < 4.78 is 14.0. The summed E-state index contributed by atoms with van der Waals surface area (Å²) in [6.07, 6.45) is 1.55. The number of hydrogen-bond acceptors (Lipinski definition) is 4. The molecule has 0 N–H and O–H groups in total. The van der Waals surface area contributed by atoms with E-state index in [1.807, 2.05) is 36.4 Å². The minimum absolute atomic E-state index is 0.0639. The first kappa shape index (κ1) is 18.4. The Morgan fingerprint density at radius 1 is 0.964 bits per heavy atom. The van der Waals surface area contributed by atoms with Crippen molar-refractivity contribution in [3.63, 3.8) is 0 Å². The van der Waals surface area contributed by atoms with Gasteiger partial charge in [-0.15, -0.1) is 0 Å². The van der Waals surface area contributed by atoms with Crippen LogP contribution in [0, 0.1) is 5.82 Å². The van der Waals surface area contributed by atoms with Crippen molar-refractivity contribution in [1.82, 2.24) is 14.9 Å². The van der Waals surface area contributed by atoms with Gasteiger partial charge < -0.3 is 9.80 Å². The first-order valence-corrected chi connectivity index (χ1v) is 9.37. The molecule has 1 aromatic heterocycles. The van der Waals surface area contributed by atoms with Crippen LogP contribution in [-0.4, -0.2) is 47.0 Å². The third-order valence-electron chi connectivity index (χ3n) is 4.79. The SMILES string of the molecule is O=C(c1c(F)cccc1Cl)N1CCN(c2cc(-c3ccccc3)ncn2)CC1. The molecule has 3 aromatic rings. The number of aromatic nitrogens is 2. The number of carbonyl (C=O) groups is 1. The maximum absolute atomic E-state index is 14.0. The fourth-order valence-corrected chi connectivity index (χ4v) is 3.53. The van der Waals surface area contributed by atoms with Gasteiger partial charge in [0.15, 0.2) is 0 Å². The highest BCUT2D eigenvalue weighted by Gasteiger charge is 2.26. The Hall–Kier alpha value is -2.99. The van der Waals surface area contributed by atoms with Crippen molar-refractivity contribution in [3.05, 3.63) is 77.3 Å². The second kappa shape index (κ2) is 7.94. The van der Waals surface area contributed by atoms with Gasteiger partial charge in [0.1, 0.15) is 18.0 Å². The van der Waals surface area contributed by atoms with Crippen molar-refractivity contribution >= 4 is 23.3 Å². The highest BCUT2D eigenvalue weighted by molar-refractivity contribution is 6.33. The van der Waals surface area contributed by atoms with E-state index >= 15 is 0 Å². The van der Waals surface area contributed by atoms with Crippen LogP contribution in [-0.2, 0) is 0 Å². The predicted octanol–water partition coefficient (Wildman–Crippen LogP) is 3.90. The van der Waals surface area contributed by atoms with Crippen molar-refractivity contribution in [1.29, 1.82) is 0 Å². The molecule has 5 nitrogen and oxygen atoms in total. The molecule has 0 aliphatic carbocycles. The third kappa shape index (κ3) is 3.68. The molecule has 0 spiro atoms. The number of benzene rings is 2. The molecule has 1 fully saturated rings. The monoisotopic (exact) mass is 396 g/mol. The lowest BCUT2D eigenvalue weighted by Crippen LogP contribution is -2.49. The van der Waals surface area contributed by atoms with E-state index in [2.05, 4.69) is 14.9 Å². The van der Waals surface area contributed by atoms with Gasteiger partial charge in [0.2, 0.25) is 0 Å². The molecule has 7 heteroatoms. The van der Waals surface area contributed by atoms with Crippen molar-refractivity contribution < 1.29 is 9.18 Å². The second-order valence-electron chi connectivity index (χ2n) is 6.50. The summed E-state index contributed by atoms with van der Waals surface area (Å²) in [4.78, 5) is 25.1. The zero-order valence-electron chi connectivity index (χ0n) is 15.1. The maximum Gasteiger partial charge on any atom is 0.258 e. The summed E-state index contributed by atoms with van der Waals surface area (Å²) >= 11 is 6.03. The quantitative estimate of drug-likeness (QED) is 0.673. The molecular weight excluding hydrogens is 379 g/mol. The average Bonchev–Trinajstić information content (AvgIpc) is 2.74. The third-order valence-corrected chi connectivity index (χ3v) is 5.10. The van der Waals surface area contributed by atoms with Crippen LogP contribution in [0.5, 0.6) is 0 Å². The highest BCUT2D eigenvalue weighted by Crippen LogP contribution is 2.24. The van der Waals surface area contributed by atoms with Crippen LogP contribution < -0.4 is 4.90 Å². The van der Waals surface area contributed by atoms with Crippen LogP contribution in [0.4, 0.5) is 10.2 Å². The number of rotatable bonds is 3. The number of nitrogens with zero attached hydrogens (tertiary/aromatic N) is 4. The van der Waals surface area contributed by atoms with E-state index in [4.69, 9.17) is 11.6 Å². The Labute approximate surface area is 167 Å². The smallest absolute Gasteiger partial charge is 0.258 e. The molecule has 0 bridgehead atoms. The molecule has 0 unspecified atom stereocenters. The first-order valence-electron chi connectivity index (χ1n) is 8.99. The van der Waals surface area contributed by atoms with Gasteiger partial charge in [-0.05, 0) is 12.1 Å². The van der Waals surface area contributed by atoms with E-state index in [1.54, 1.807) is 11.2 Å². The molecule has 0 atom stereocenters. The largest absolute Gasteiger partial charge is 0.353 e. The Kier molecular flexibility index (Phi) is 5.21. The minimum atomic E-state index is -0.594. The summed E-state index contributed by atoms with van der Waals surface area (Å²) in [5.74, 6) is -0.163. The van der Waals surface area contributed by atoms with Crippen LogP contribution in [0.25, 0.3) is 11.3 Å². The van der Waals surface area contributed by atoms with Gasteiger partial charge in [-0.1, -0.05) is 48.0 Å². The lowest BCUT2D eigenvalue weighted by atomic mass is 10.1. The summed E-state index contributed by atoms with van der Waals surface area (Å²) in [6, 6.07) is 16.1. The summed E-state index contributed by atoms with van der Waals surface area (Å²) in [6.45, 7) is 2.13. The fraction of sp³-hybridized carbons (Fsp3) is 0.190. The Morgan fingerprint density at radius 2 is 1.71 bits per heavy atom. The Balaban J connectivity index is 1.47. The van der Waals surface area contributed by atoms with E-state index < -0.39 is 5.82 Å². The van der Waals surface area contributed by atoms with E-state index in [-0.39, 0.29) is 16.5 Å². The molecular formula is C21H18ClFN4O. The summed E-state index contributed by atoms with van der Waals surface area (Å²) in [5.41, 5.74) is 1.81. The second-order valence-corrected chi connectivity index (χ2v) is 6.91. The van der Waals surface area contributed by atoms with Gasteiger partial charge in [0.25, 0.3) is 5.91 Å². The first-order chi connectivity index (χ1) is 13.6. The Morgan fingerprint density at radius 3 is 2.43 bits per heavy atom. The number of hydrogen-bond donors (Lipinski definition) is 0. The standard InChI is InChI=1S/C21H18ClFN4O/c22-16-7-4-8-17(23)20(16)21(28)27-11-9-26(10-12-27)19-13-18(24-14-25-19)15-5-2-1-3-6-15/h1-8,13-14H,9-12H2. The normalized spacial score (nSPS) is 14.2. The minimum Gasteiger partial charge on any atom is -0.353 e. The number of carbonyl (C=O) groups excluding carboxylic acids is 1. The number of amides is 1. The molecule has 2 heterocycles. The molecule has 1 amide bonds. The van der Waals surface area contributed by atoms with Gasteiger partial charge in [-0.2, -0.15) is 0 Å². The average molecular weight is 397 g/mol. The molecule has 2 aromatic carbocycles. The maximum atomic E-state index is 14.0. The predicted molar refractivity (Wildman–Crippen MR) is 107 cm³/mol. The van der Waals surface area contributed by atoms with Gasteiger partial charge in [-0.25, -0.2) is 14.4 Å². The topological polar surface area (TPSA) is 49.3 Å². The van der Waals surface area contributed by atoms with Crippen LogP contribution >= 0.6 is 11.6 Å². The molecule has 28 heavy (non-hydrogen) atoms. The molecule has 0 radical (unpaired) electrons. The van der Waals surface area contributed by atoms with Crippen LogP contribution in [0.15, 0.2) is 60.9 Å². The van der Waals surface area contributed by atoms with E-state index in [1.165, 1.54) is 18.2 Å². The zero-order valence-corrected chi connectivity index (χ0v) is 15.8.